The molecule has 0 radical (unpaired) electrons. The summed E-state index contributed by atoms with van der Waals surface area (Å²) >= 11 is 1.51. The number of rotatable bonds is 6. The fourth-order valence-corrected chi connectivity index (χ4v) is 5.26. The average molecular weight is 505 g/mol. The van der Waals surface area contributed by atoms with E-state index >= 15 is 0 Å². The molecule has 0 aromatic heterocycles. The number of carbonyl (C=O) groups is 3. The maximum absolute atomic E-state index is 13.5. The first-order valence-corrected chi connectivity index (χ1v) is 12.7. The van der Waals surface area contributed by atoms with Crippen molar-refractivity contribution in [2.45, 2.75) is 11.3 Å². The Morgan fingerprint density at radius 2 is 1.54 bits per heavy atom. The lowest BCUT2D eigenvalue weighted by molar-refractivity contribution is -0.107. The Hall–Kier alpha value is -4.42. The predicted octanol–water partition coefficient (Wildman–Crippen LogP) is 6.83. The molecule has 0 aliphatic carbocycles. The lowest BCUT2D eigenvalue weighted by Crippen LogP contribution is -2.31. The van der Waals surface area contributed by atoms with Gasteiger partial charge in [-0.15, -0.1) is 0 Å². The molecule has 0 atom stereocenters. The number of hydrogen-bond donors (Lipinski definition) is 1. The number of amides is 2. The van der Waals surface area contributed by atoms with E-state index in [9.17, 15) is 14.4 Å². The van der Waals surface area contributed by atoms with E-state index in [4.69, 9.17) is 0 Å². The Morgan fingerprint density at radius 3 is 2.32 bits per heavy atom. The highest BCUT2D eigenvalue weighted by Gasteiger charge is 2.23. The van der Waals surface area contributed by atoms with Gasteiger partial charge in [-0.05, 0) is 58.5 Å². The predicted molar refractivity (Wildman–Crippen MR) is 149 cm³/mol. The molecule has 182 valence electrons. The lowest BCUT2D eigenvalue weighted by atomic mass is 9.99. The SMILES string of the molecule is O=CCC1=CCN(C(=O)c2ccc(NC(=O)c3ccccc3-c3ccccc3)cc2)c2ccccc2S1. The van der Waals surface area contributed by atoms with Crippen LogP contribution in [0.25, 0.3) is 11.1 Å². The van der Waals surface area contributed by atoms with Crippen LogP contribution in [0.4, 0.5) is 11.4 Å². The number of allylic oxidation sites excluding steroid dienone is 1. The standard InChI is InChI=1S/C31H24N2O3S/c34-21-19-25-18-20-33(28-12-6-7-13-29(28)37-25)31(36)23-14-16-24(17-15-23)32-30(35)27-11-5-4-10-26(27)22-8-2-1-3-9-22/h1-18,21H,19-20H2,(H,32,35). The minimum absolute atomic E-state index is 0.149. The molecule has 5 nitrogen and oxygen atoms in total. The van der Waals surface area contributed by atoms with Crippen LogP contribution in [0.2, 0.25) is 0 Å². The third-order valence-corrected chi connectivity index (χ3v) is 7.24. The molecule has 0 saturated carbocycles. The second kappa shape index (κ2) is 11.1. The molecule has 5 rings (SSSR count). The number of nitrogens with zero attached hydrogens (tertiary/aromatic N) is 1. The van der Waals surface area contributed by atoms with E-state index in [0.717, 1.165) is 32.9 Å². The summed E-state index contributed by atoms with van der Waals surface area (Å²) < 4.78 is 0. The fraction of sp³-hybridized carbons (Fsp3) is 0.0645. The number of fused-ring (bicyclic) bond motifs is 1. The highest BCUT2D eigenvalue weighted by Crippen LogP contribution is 2.39. The van der Waals surface area contributed by atoms with Crippen molar-refractivity contribution in [3.05, 3.63) is 125 Å². The van der Waals surface area contributed by atoms with Crippen molar-refractivity contribution in [3.8, 4) is 11.1 Å². The molecular formula is C31H24N2O3S. The number of thioether (sulfide) groups is 1. The van der Waals surface area contributed by atoms with E-state index in [-0.39, 0.29) is 11.8 Å². The Morgan fingerprint density at radius 1 is 0.838 bits per heavy atom. The minimum Gasteiger partial charge on any atom is -0.322 e. The van der Waals surface area contributed by atoms with Crippen LogP contribution in [0.15, 0.2) is 119 Å². The monoisotopic (exact) mass is 504 g/mol. The van der Waals surface area contributed by atoms with Crippen LogP contribution < -0.4 is 10.2 Å². The van der Waals surface area contributed by atoms with E-state index in [1.165, 1.54) is 11.8 Å². The zero-order valence-electron chi connectivity index (χ0n) is 20.0. The first-order valence-electron chi connectivity index (χ1n) is 11.9. The van der Waals surface area contributed by atoms with Gasteiger partial charge < -0.3 is 15.0 Å². The number of nitrogens with one attached hydrogen (secondary N) is 1. The normalized spacial score (nSPS) is 12.6. The Kier molecular flexibility index (Phi) is 7.28. The first-order chi connectivity index (χ1) is 18.1. The summed E-state index contributed by atoms with van der Waals surface area (Å²) in [4.78, 5) is 41.2. The van der Waals surface area contributed by atoms with Gasteiger partial charge in [0.1, 0.15) is 6.29 Å². The minimum atomic E-state index is -0.218. The average Bonchev–Trinajstić information content (AvgIpc) is 3.13. The first kappa shape index (κ1) is 24.3. The summed E-state index contributed by atoms with van der Waals surface area (Å²) in [6, 6.07) is 31.9. The van der Waals surface area contributed by atoms with Crippen LogP contribution in [-0.2, 0) is 4.79 Å². The van der Waals surface area contributed by atoms with E-state index in [1.807, 2.05) is 78.9 Å². The molecule has 1 aliphatic rings. The van der Waals surface area contributed by atoms with E-state index < -0.39 is 0 Å². The van der Waals surface area contributed by atoms with Crippen LogP contribution in [0.5, 0.6) is 0 Å². The Labute approximate surface area is 219 Å². The molecule has 0 spiro atoms. The molecule has 0 fully saturated rings. The molecule has 6 heteroatoms. The van der Waals surface area contributed by atoms with Crippen molar-refractivity contribution in [3.63, 3.8) is 0 Å². The number of aldehydes is 1. The molecule has 2 amide bonds. The van der Waals surface area contributed by atoms with Gasteiger partial charge >= 0.3 is 0 Å². The maximum atomic E-state index is 13.5. The highest BCUT2D eigenvalue weighted by atomic mass is 32.2. The van der Waals surface area contributed by atoms with Crippen LogP contribution in [0.1, 0.15) is 27.1 Å². The van der Waals surface area contributed by atoms with Gasteiger partial charge in [0.05, 0.1) is 5.69 Å². The van der Waals surface area contributed by atoms with Gasteiger partial charge in [-0.1, -0.05) is 78.5 Å². The van der Waals surface area contributed by atoms with Crippen molar-refractivity contribution in [2.24, 2.45) is 0 Å². The molecule has 1 aliphatic heterocycles. The smallest absolute Gasteiger partial charge is 0.258 e. The van der Waals surface area contributed by atoms with Gasteiger partial charge in [-0.3, -0.25) is 9.59 Å². The largest absolute Gasteiger partial charge is 0.322 e. The van der Waals surface area contributed by atoms with E-state index in [1.54, 1.807) is 35.2 Å². The Balaban J connectivity index is 1.35. The van der Waals surface area contributed by atoms with Gasteiger partial charge in [-0.25, -0.2) is 0 Å². The fourth-order valence-electron chi connectivity index (χ4n) is 4.24. The Bertz CT molecular complexity index is 1480. The number of para-hydroxylation sites is 1. The second-order valence-electron chi connectivity index (χ2n) is 8.47. The van der Waals surface area contributed by atoms with E-state index in [2.05, 4.69) is 5.32 Å². The molecule has 4 aromatic rings. The van der Waals surface area contributed by atoms with Gasteiger partial charge in [0.15, 0.2) is 0 Å². The highest BCUT2D eigenvalue weighted by molar-refractivity contribution is 8.03. The van der Waals surface area contributed by atoms with Crippen LogP contribution in [0, 0.1) is 0 Å². The van der Waals surface area contributed by atoms with Crippen molar-refractivity contribution < 1.29 is 14.4 Å². The van der Waals surface area contributed by atoms with Crippen molar-refractivity contribution in [1.82, 2.24) is 0 Å². The van der Waals surface area contributed by atoms with Crippen molar-refractivity contribution in [1.29, 1.82) is 0 Å². The zero-order valence-corrected chi connectivity index (χ0v) is 20.8. The van der Waals surface area contributed by atoms with Crippen LogP contribution in [-0.4, -0.2) is 24.6 Å². The number of benzene rings is 4. The van der Waals surface area contributed by atoms with Crippen LogP contribution in [0.3, 0.4) is 0 Å². The molecule has 0 bridgehead atoms. The molecule has 0 saturated heterocycles. The van der Waals surface area contributed by atoms with Crippen molar-refractivity contribution in [2.75, 3.05) is 16.8 Å². The zero-order chi connectivity index (χ0) is 25.6. The lowest BCUT2D eigenvalue weighted by Gasteiger charge is -2.22. The molecule has 1 N–H and O–H groups in total. The summed E-state index contributed by atoms with van der Waals surface area (Å²) in [7, 11) is 0. The summed E-state index contributed by atoms with van der Waals surface area (Å²) in [6.45, 7) is 0.376. The molecule has 0 unspecified atom stereocenters. The van der Waals surface area contributed by atoms with Gasteiger partial charge in [0.25, 0.3) is 11.8 Å². The quantitative estimate of drug-likeness (QED) is 0.292. The number of anilines is 2. The number of carbonyl (C=O) groups excluding carboxylic acids is 3. The molecular weight excluding hydrogens is 480 g/mol. The molecule has 1 heterocycles. The summed E-state index contributed by atoms with van der Waals surface area (Å²) in [5, 5.41) is 2.95. The van der Waals surface area contributed by atoms with Gasteiger partial charge in [0, 0.05) is 34.7 Å². The summed E-state index contributed by atoms with van der Waals surface area (Å²) in [5.74, 6) is -0.367. The maximum Gasteiger partial charge on any atom is 0.258 e. The van der Waals surface area contributed by atoms with Gasteiger partial charge in [0.2, 0.25) is 0 Å². The van der Waals surface area contributed by atoms with Gasteiger partial charge in [-0.2, -0.15) is 0 Å². The van der Waals surface area contributed by atoms with E-state index in [0.29, 0.717) is 29.8 Å². The summed E-state index contributed by atoms with van der Waals surface area (Å²) in [6.07, 6.45) is 3.13. The third-order valence-electron chi connectivity index (χ3n) is 6.07. The van der Waals surface area contributed by atoms with Crippen LogP contribution >= 0.6 is 11.8 Å². The molecule has 4 aromatic carbocycles. The topological polar surface area (TPSA) is 66.5 Å². The third kappa shape index (κ3) is 5.39. The number of hydrogen-bond acceptors (Lipinski definition) is 4. The van der Waals surface area contributed by atoms with Crippen molar-refractivity contribution >= 4 is 41.2 Å². The summed E-state index contributed by atoms with van der Waals surface area (Å²) in [5.41, 5.74) is 4.32. The second-order valence-corrected chi connectivity index (χ2v) is 9.64. The molecule has 37 heavy (non-hydrogen) atoms.